The van der Waals surface area contributed by atoms with Crippen LogP contribution < -0.4 is 10.5 Å². The molecule has 0 saturated carbocycles. The average molecular weight is 446 g/mol. The Kier molecular flexibility index (Phi) is 6.76. The average Bonchev–Trinajstić information content (AvgIpc) is 3.38. The van der Waals surface area contributed by atoms with Crippen LogP contribution in [0.5, 0.6) is 0 Å². The van der Waals surface area contributed by atoms with Gasteiger partial charge in [-0.1, -0.05) is 0 Å². The van der Waals surface area contributed by atoms with Gasteiger partial charge in [-0.05, 0) is 57.5 Å². The van der Waals surface area contributed by atoms with Crippen LogP contribution in [-0.4, -0.2) is 31.7 Å². The zero-order chi connectivity index (χ0) is 22.6. The number of aromatic nitrogens is 3. The van der Waals surface area contributed by atoms with Crippen molar-refractivity contribution in [3.63, 3.8) is 0 Å². The molecule has 1 aliphatic carbocycles. The van der Waals surface area contributed by atoms with Gasteiger partial charge >= 0.3 is 6.03 Å². The molecule has 3 N–H and O–H groups in total. The molecule has 0 bridgehead atoms. The third-order valence-electron chi connectivity index (χ3n) is 4.81. The number of pyridine rings is 1. The van der Waals surface area contributed by atoms with Crippen molar-refractivity contribution in [1.29, 1.82) is 0 Å². The van der Waals surface area contributed by atoms with Gasteiger partial charge in [0.25, 0.3) is 0 Å². The number of hydrogen-bond donors (Lipinski definition) is 2. The second-order valence-electron chi connectivity index (χ2n) is 6.87. The van der Waals surface area contributed by atoms with Gasteiger partial charge in [0.1, 0.15) is 5.83 Å². The van der Waals surface area contributed by atoms with Gasteiger partial charge in [-0.2, -0.15) is 5.10 Å². The van der Waals surface area contributed by atoms with Crippen LogP contribution in [0.1, 0.15) is 37.1 Å². The number of aliphatic imine (C=N–C) groups is 1. The highest BCUT2D eigenvalue weighted by Crippen LogP contribution is 2.36. The summed E-state index contributed by atoms with van der Waals surface area (Å²) in [5.41, 5.74) is 2.53. The molecular weight excluding hydrogens is 421 g/mol. The van der Waals surface area contributed by atoms with Gasteiger partial charge in [-0.3, -0.25) is 14.7 Å². The molecule has 0 fully saturated rings. The smallest absolute Gasteiger partial charge is 0.305 e. The van der Waals surface area contributed by atoms with E-state index in [1.807, 2.05) is 6.92 Å². The van der Waals surface area contributed by atoms with Crippen molar-refractivity contribution in [2.24, 2.45) is 14.5 Å². The second kappa shape index (κ2) is 9.31. The van der Waals surface area contributed by atoms with E-state index in [0.717, 1.165) is 24.1 Å². The topological polar surface area (TPSA) is 128 Å². The van der Waals surface area contributed by atoms with Crippen molar-refractivity contribution in [2.45, 2.75) is 44.7 Å². The summed E-state index contributed by atoms with van der Waals surface area (Å²) < 4.78 is 32.3. The summed E-state index contributed by atoms with van der Waals surface area (Å²) >= 11 is 0. The van der Waals surface area contributed by atoms with E-state index in [9.17, 15) is 13.4 Å². The first kappa shape index (κ1) is 22.5. The Balaban J connectivity index is 2.04. The van der Waals surface area contributed by atoms with Gasteiger partial charge in [0.15, 0.2) is 14.9 Å². The van der Waals surface area contributed by atoms with Crippen LogP contribution in [0, 0.1) is 0 Å². The highest BCUT2D eigenvalue weighted by Gasteiger charge is 2.23. The zero-order valence-electron chi connectivity index (χ0n) is 17.3. The lowest BCUT2D eigenvalue weighted by Crippen LogP contribution is -2.19. The predicted octanol–water partition coefficient (Wildman–Crippen LogP) is 3.63. The molecule has 2 heterocycles. The van der Waals surface area contributed by atoms with E-state index < -0.39 is 21.8 Å². The van der Waals surface area contributed by atoms with E-state index in [2.05, 4.69) is 31.5 Å². The van der Waals surface area contributed by atoms with Crippen LogP contribution in [0.3, 0.4) is 0 Å². The summed E-state index contributed by atoms with van der Waals surface area (Å²) in [6, 6.07) is 0.542. The van der Waals surface area contributed by atoms with Gasteiger partial charge in [-0.15, -0.1) is 4.36 Å². The molecule has 31 heavy (non-hydrogen) atoms. The maximum Gasteiger partial charge on any atom is 0.354 e. The number of nitrogens with two attached hydrogens (primary N) is 1. The minimum absolute atomic E-state index is 0.00450. The van der Waals surface area contributed by atoms with E-state index in [0.29, 0.717) is 24.2 Å². The Morgan fingerprint density at radius 2 is 2.26 bits per heavy atom. The number of carbonyl (C=O) groups excluding carboxylic acids is 1. The van der Waals surface area contributed by atoms with Crippen LogP contribution in [0.2, 0.25) is 0 Å². The summed E-state index contributed by atoms with van der Waals surface area (Å²) in [4.78, 5) is 20.7. The lowest BCUT2D eigenvalue weighted by Gasteiger charge is -2.15. The van der Waals surface area contributed by atoms with Crippen LogP contribution in [0.4, 0.5) is 14.9 Å². The molecule has 1 unspecified atom stereocenters. The van der Waals surface area contributed by atoms with Gasteiger partial charge in [-0.25, -0.2) is 18.5 Å². The number of hydrogen-bond acceptors (Lipinski definition) is 5. The summed E-state index contributed by atoms with van der Waals surface area (Å²) in [6.07, 6.45) is 8.14. The SMILES string of the molecule is C=N/C=C\C(=C(/C)F)c1cnc2c(c1NC(=O)N=S(N)(=O)c1ccn(CC)n1)CCC2. The number of carbonyl (C=O) groups is 1. The monoisotopic (exact) mass is 445 g/mol. The van der Waals surface area contributed by atoms with Crippen LogP contribution in [-0.2, 0) is 29.3 Å². The van der Waals surface area contributed by atoms with E-state index in [1.165, 1.54) is 36.1 Å². The number of urea groups is 1. The molecule has 9 nitrogen and oxygen atoms in total. The third kappa shape index (κ3) is 4.94. The quantitative estimate of drug-likeness (QED) is 0.520. The molecule has 0 aliphatic heterocycles. The molecule has 2 aromatic heterocycles. The van der Waals surface area contributed by atoms with Crippen LogP contribution >= 0.6 is 0 Å². The van der Waals surface area contributed by atoms with E-state index in [-0.39, 0.29) is 10.6 Å². The summed E-state index contributed by atoms with van der Waals surface area (Å²) in [7, 11) is -3.55. The highest BCUT2D eigenvalue weighted by atomic mass is 32.2. The van der Waals surface area contributed by atoms with Crippen molar-refractivity contribution in [1.82, 2.24) is 14.8 Å². The molecule has 3 rings (SSSR count). The third-order valence-corrected chi connectivity index (χ3v) is 6.06. The Labute approximate surface area is 180 Å². The Bertz CT molecular complexity index is 1200. The maximum absolute atomic E-state index is 14.3. The number of fused-ring (bicyclic) bond motifs is 1. The molecule has 164 valence electrons. The number of aryl methyl sites for hydroxylation is 2. The summed E-state index contributed by atoms with van der Waals surface area (Å²) in [5.74, 6) is -0.486. The second-order valence-corrected chi connectivity index (χ2v) is 8.61. The van der Waals surface area contributed by atoms with Crippen LogP contribution in [0.15, 0.2) is 50.9 Å². The Morgan fingerprint density at radius 3 is 2.90 bits per heavy atom. The fraction of sp³-hybridized carbons (Fsp3) is 0.300. The molecule has 2 amide bonds. The minimum atomic E-state index is -3.55. The van der Waals surface area contributed by atoms with Gasteiger partial charge in [0.2, 0.25) is 0 Å². The first-order valence-corrected chi connectivity index (χ1v) is 11.2. The van der Waals surface area contributed by atoms with Crippen molar-refractivity contribution in [3.05, 3.63) is 53.4 Å². The fourth-order valence-corrected chi connectivity index (χ4v) is 4.21. The number of rotatable bonds is 6. The predicted molar refractivity (Wildman–Crippen MR) is 119 cm³/mol. The van der Waals surface area contributed by atoms with E-state index in [1.54, 1.807) is 6.20 Å². The first-order valence-electron chi connectivity index (χ1n) is 9.66. The molecule has 0 spiro atoms. The minimum Gasteiger partial charge on any atom is -0.305 e. The van der Waals surface area contributed by atoms with Crippen molar-refractivity contribution >= 4 is 33.9 Å². The van der Waals surface area contributed by atoms with Crippen molar-refractivity contribution in [3.8, 4) is 0 Å². The molecule has 1 aliphatic rings. The Hall–Kier alpha value is -3.18. The first-order chi connectivity index (χ1) is 14.8. The molecule has 11 heteroatoms. The van der Waals surface area contributed by atoms with E-state index in [4.69, 9.17) is 5.14 Å². The number of allylic oxidation sites excluding steroid dienone is 3. The summed E-state index contributed by atoms with van der Waals surface area (Å²) in [5, 5.41) is 12.5. The van der Waals surface area contributed by atoms with Crippen molar-refractivity contribution < 1.29 is 13.4 Å². The fourth-order valence-electron chi connectivity index (χ4n) is 3.35. The molecule has 0 aromatic carbocycles. The lowest BCUT2D eigenvalue weighted by atomic mass is 10.0. The normalized spacial score (nSPS) is 15.9. The van der Waals surface area contributed by atoms with Crippen molar-refractivity contribution in [2.75, 3.05) is 5.32 Å². The maximum atomic E-state index is 14.3. The van der Waals surface area contributed by atoms with Gasteiger partial charge < -0.3 is 5.32 Å². The Morgan fingerprint density at radius 1 is 1.48 bits per heavy atom. The molecule has 2 aromatic rings. The van der Waals surface area contributed by atoms with Crippen LogP contribution in [0.25, 0.3) is 5.57 Å². The lowest BCUT2D eigenvalue weighted by molar-refractivity contribution is 0.260. The zero-order valence-corrected chi connectivity index (χ0v) is 18.2. The summed E-state index contributed by atoms with van der Waals surface area (Å²) in [6.45, 7) is 7.06. The molecule has 1 atom stereocenters. The number of amides is 2. The molecule has 0 radical (unpaired) electrons. The largest absolute Gasteiger partial charge is 0.354 e. The molecule has 0 saturated heterocycles. The number of nitrogens with one attached hydrogen (secondary N) is 1. The standard InChI is InChI=1S/C20H24FN7O2S/c1-4-28-11-9-18(26-28)31(22,30)27-20(29)25-19-15-6-5-7-17(15)24-12-16(19)14(13(2)21)8-10-23-3/h8-12H,3-7H2,1-2H3,(H3,22,24,25,27,29,30)/b10-8-,14-13-. The van der Waals surface area contributed by atoms with Gasteiger partial charge in [0, 0.05) is 42.0 Å². The number of nitrogens with zero attached hydrogens (tertiary/aromatic N) is 5. The van der Waals surface area contributed by atoms with E-state index >= 15 is 0 Å². The number of halogens is 1. The number of anilines is 1. The molecular formula is C20H24FN7O2S. The van der Waals surface area contributed by atoms with Gasteiger partial charge in [0.05, 0.1) is 5.69 Å². The highest BCUT2D eigenvalue weighted by molar-refractivity contribution is 7.91.